The van der Waals surface area contributed by atoms with Crippen LogP contribution in [0.5, 0.6) is 0 Å². The van der Waals surface area contributed by atoms with Gasteiger partial charge in [0.2, 0.25) is 0 Å². The molecule has 2 heterocycles. The maximum atomic E-state index is 13.3. The number of rotatable bonds is 4. The largest absolute Gasteiger partial charge is 0.416 e. The zero-order valence-corrected chi connectivity index (χ0v) is 15.3. The number of aromatic nitrogens is 2. The number of alkyl halides is 6. The van der Waals surface area contributed by atoms with Gasteiger partial charge >= 0.3 is 12.4 Å². The zero-order valence-electron chi connectivity index (χ0n) is 15.3. The average Bonchev–Trinajstić information content (AvgIpc) is 3.21. The molecular weight excluding hydrogens is 404 g/mol. The highest BCUT2D eigenvalue weighted by atomic mass is 19.4. The number of hydrogen-bond acceptors (Lipinski definition) is 4. The average molecular weight is 421 g/mol. The molecule has 0 radical (unpaired) electrons. The van der Waals surface area contributed by atoms with E-state index in [0.717, 1.165) is 6.07 Å². The number of anilines is 1. The van der Waals surface area contributed by atoms with E-state index in [9.17, 15) is 31.4 Å². The van der Waals surface area contributed by atoms with Crippen molar-refractivity contribution >= 4 is 5.69 Å². The maximum absolute atomic E-state index is 13.3. The van der Waals surface area contributed by atoms with Gasteiger partial charge in [0.25, 0.3) is 0 Å². The SMILES string of the molecule is CC(C)(O)C1=CCN(c2cnn(Cc3ccc(C(F)(F)F)cc3C(F)(F)F)c2)O1. The van der Waals surface area contributed by atoms with Crippen molar-refractivity contribution in [1.29, 1.82) is 0 Å². The minimum Gasteiger partial charge on any atom is -0.382 e. The summed E-state index contributed by atoms with van der Waals surface area (Å²) < 4.78 is 79.3. The molecule has 1 aromatic carbocycles. The third kappa shape index (κ3) is 4.66. The minimum atomic E-state index is -4.95. The molecule has 0 aliphatic carbocycles. The Bertz CT molecular complexity index is 925. The van der Waals surface area contributed by atoms with E-state index >= 15 is 0 Å². The smallest absolute Gasteiger partial charge is 0.382 e. The lowest BCUT2D eigenvalue weighted by molar-refractivity contribution is -0.143. The Balaban J connectivity index is 1.81. The Morgan fingerprint density at radius 2 is 1.79 bits per heavy atom. The summed E-state index contributed by atoms with van der Waals surface area (Å²) in [6.07, 6.45) is -5.43. The quantitative estimate of drug-likeness (QED) is 0.745. The molecule has 0 atom stereocenters. The van der Waals surface area contributed by atoms with Gasteiger partial charge in [-0.05, 0) is 37.6 Å². The van der Waals surface area contributed by atoms with E-state index in [1.807, 2.05) is 0 Å². The zero-order chi connectivity index (χ0) is 21.6. The van der Waals surface area contributed by atoms with Gasteiger partial charge in [-0.3, -0.25) is 4.68 Å². The van der Waals surface area contributed by atoms with E-state index in [2.05, 4.69) is 5.10 Å². The van der Waals surface area contributed by atoms with Crippen LogP contribution in [0, 0.1) is 0 Å². The number of aliphatic hydroxyl groups is 1. The first-order valence-electron chi connectivity index (χ1n) is 8.43. The second-order valence-corrected chi connectivity index (χ2v) is 7.04. The van der Waals surface area contributed by atoms with Crippen LogP contribution in [-0.4, -0.2) is 27.0 Å². The van der Waals surface area contributed by atoms with Crippen LogP contribution in [0.25, 0.3) is 0 Å². The van der Waals surface area contributed by atoms with E-state index in [0.29, 0.717) is 24.1 Å². The van der Waals surface area contributed by atoms with Crippen molar-refractivity contribution in [2.75, 3.05) is 11.6 Å². The molecule has 1 N–H and O–H groups in total. The van der Waals surface area contributed by atoms with Crippen LogP contribution in [0.1, 0.15) is 30.5 Å². The molecule has 3 rings (SSSR count). The third-order valence-corrected chi connectivity index (χ3v) is 4.24. The van der Waals surface area contributed by atoms with Gasteiger partial charge < -0.3 is 9.94 Å². The van der Waals surface area contributed by atoms with Crippen molar-refractivity contribution in [1.82, 2.24) is 9.78 Å². The fourth-order valence-corrected chi connectivity index (χ4v) is 2.78. The van der Waals surface area contributed by atoms with Gasteiger partial charge in [-0.15, -0.1) is 0 Å². The molecule has 1 aromatic heterocycles. The number of benzene rings is 1. The van der Waals surface area contributed by atoms with Crippen molar-refractivity contribution in [3.05, 3.63) is 59.1 Å². The molecule has 0 fully saturated rings. The van der Waals surface area contributed by atoms with E-state index in [1.54, 1.807) is 6.08 Å². The summed E-state index contributed by atoms with van der Waals surface area (Å²) in [4.78, 5) is 5.49. The molecule has 0 saturated heterocycles. The number of hydrogen-bond donors (Lipinski definition) is 1. The maximum Gasteiger partial charge on any atom is 0.416 e. The summed E-state index contributed by atoms with van der Waals surface area (Å²) in [6.45, 7) is 2.98. The van der Waals surface area contributed by atoms with Crippen molar-refractivity contribution in [3.8, 4) is 0 Å². The van der Waals surface area contributed by atoms with E-state index < -0.39 is 29.1 Å². The van der Waals surface area contributed by atoms with Crippen molar-refractivity contribution in [2.24, 2.45) is 0 Å². The van der Waals surface area contributed by atoms with Gasteiger partial charge in [0, 0.05) is 0 Å². The fourth-order valence-electron chi connectivity index (χ4n) is 2.78. The lowest BCUT2D eigenvalue weighted by atomic mass is 10.0. The molecule has 1 aliphatic rings. The van der Waals surface area contributed by atoms with Crippen molar-refractivity contribution < 1.29 is 36.3 Å². The Hall–Kier alpha value is -2.69. The molecule has 0 unspecified atom stereocenters. The lowest BCUT2D eigenvalue weighted by Crippen LogP contribution is -2.26. The summed E-state index contributed by atoms with van der Waals surface area (Å²) in [7, 11) is 0. The standard InChI is InChI=1S/C18H17F6N3O2/c1-16(2,28)15-5-6-27(29-15)13-8-25-26(10-13)9-11-3-4-12(17(19,20)21)7-14(11)18(22,23)24/h3-5,7-8,10,28H,6,9H2,1-2H3. The van der Waals surface area contributed by atoms with Crippen LogP contribution in [0.15, 0.2) is 42.4 Å². The predicted octanol–water partition coefficient (Wildman–Crippen LogP) is 4.38. The van der Waals surface area contributed by atoms with Crippen molar-refractivity contribution in [2.45, 2.75) is 38.3 Å². The van der Waals surface area contributed by atoms with Crippen LogP contribution < -0.4 is 5.06 Å². The lowest BCUT2D eigenvalue weighted by Gasteiger charge is -2.22. The molecular formula is C18H17F6N3O2. The van der Waals surface area contributed by atoms with Gasteiger partial charge in [0.1, 0.15) is 11.3 Å². The molecule has 1 aliphatic heterocycles. The second kappa shape index (κ2) is 6.97. The first-order valence-corrected chi connectivity index (χ1v) is 8.43. The second-order valence-electron chi connectivity index (χ2n) is 7.04. The van der Waals surface area contributed by atoms with E-state index in [4.69, 9.17) is 4.84 Å². The highest BCUT2D eigenvalue weighted by Crippen LogP contribution is 2.37. The van der Waals surface area contributed by atoms with Crippen LogP contribution in [0.2, 0.25) is 0 Å². The number of halogens is 6. The summed E-state index contributed by atoms with van der Waals surface area (Å²) >= 11 is 0. The molecule has 158 valence electrons. The monoisotopic (exact) mass is 421 g/mol. The summed E-state index contributed by atoms with van der Waals surface area (Å²) in [5, 5.41) is 15.3. The molecule has 0 amide bonds. The van der Waals surface area contributed by atoms with Crippen molar-refractivity contribution in [3.63, 3.8) is 0 Å². The predicted molar refractivity (Wildman–Crippen MR) is 90.6 cm³/mol. The molecule has 2 aromatic rings. The third-order valence-electron chi connectivity index (χ3n) is 4.24. The highest BCUT2D eigenvalue weighted by molar-refractivity contribution is 5.43. The van der Waals surface area contributed by atoms with Crippen LogP contribution in [-0.2, 0) is 23.7 Å². The Kier molecular flexibility index (Phi) is 5.06. The summed E-state index contributed by atoms with van der Waals surface area (Å²) in [5.74, 6) is 0.312. The summed E-state index contributed by atoms with van der Waals surface area (Å²) in [6, 6.07) is 1.51. The van der Waals surface area contributed by atoms with E-state index in [-0.39, 0.29) is 18.2 Å². The normalized spacial score (nSPS) is 15.5. The van der Waals surface area contributed by atoms with Crippen LogP contribution in [0.3, 0.4) is 0 Å². The minimum absolute atomic E-state index is 0.100. The van der Waals surface area contributed by atoms with Gasteiger partial charge in [0.05, 0.1) is 36.6 Å². The molecule has 0 spiro atoms. The fraction of sp³-hybridized carbons (Fsp3) is 0.389. The molecule has 29 heavy (non-hydrogen) atoms. The Labute approximate surface area is 161 Å². The first-order chi connectivity index (χ1) is 13.2. The molecule has 0 saturated carbocycles. The summed E-state index contributed by atoms with van der Waals surface area (Å²) in [5.41, 5.74) is -3.87. The van der Waals surface area contributed by atoms with Gasteiger partial charge in [-0.25, -0.2) is 5.06 Å². The number of nitrogens with zero attached hydrogens (tertiary/aromatic N) is 3. The highest BCUT2D eigenvalue weighted by Gasteiger charge is 2.38. The number of hydroxylamine groups is 1. The Morgan fingerprint density at radius 3 is 2.34 bits per heavy atom. The van der Waals surface area contributed by atoms with Gasteiger partial charge in [-0.1, -0.05) is 6.07 Å². The van der Waals surface area contributed by atoms with Crippen LogP contribution >= 0.6 is 0 Å². The molecule has 11 heteroatoms. The topological polar surface area (TPSA) is 50.5 Å². The molecule has 5 nitrogen and oxygen atoms in total. The van der Waals surface area contributed by atoms with Gasteiger partial charge in [0.15, 0.2) is 5.76 Å². The van der Waals surface area contributed by atoms with Crippen LogP contribution in [0.4, 0.5) is 32.0 Å². The molecule has 0 bridgehead atoms. The van der Waals surface area contributed by atoms with E-state index in [1.165, 1.54) is 36.0 Å². The first kappa shape index (κ1) is 21.0. The Morgan fingerprint density at radius 1 is 1.10 bits per heavy atom. The van der Waals surface area contributed by atoms with Gasteiger partial charge in [-0.2, -0.15) is 31.4 Å².